The number of hydrogen-bond acceptors (Lipinski definition) is 3. The zero-order chi connectivity index (χ0) is 17.2. The molecule has 0 spiro atoms. The zero-order valence-electron chi connectivity index (χ0n) is 12.6. The molecule has 4 N–H and O–H groups in total. The quantitative estimate of drug-likeness (QED) is 0.729. The van der Waals surface area contributed by atoms with Crippen molar-refractivity contribution in [2.75, 3.05) is 6.54 Å². The lowest BCUT2D eigenvalue weighted by molar-refractivity contribution is -0.133. The van der Waals surface area contributed by atoms with Gasteiger partial charge in [-0.15, -0.1) is 0 Å². The smallest absolute Gasteiger partial charge is 0.407 e. The van der Waals surface area contributed by atoms with Crippen molar-refractivity contribution in [1.29, 1.82) is 0 Å². The van der Waals surface area contributed by atoms with E-state index in [9.17, 15) is 14.4 Å². The van der Waals surface area contributed by atoms with Crippen LogP contribution in [0.5, 0.6) is 0 Å². The van der Waals surface area contributed by atoms with Gasteiger partial charge >= 0.3 is 6.09 Å². The van der Waals surface area contributed by atoms with Crippen molar-refractivity contribution in [3.05, 3.63) is 34.3 Å². The van der Waals surface area contributed by atoms with E-state index in [4.69, 9.17) is 10.8 Å². The molecular formula is C15H18BrN3O4. The van der Waals surface area contributed by atoms with Crippen LogP contribution in [0.1, 0.15) is 25.3 Å². The first-order valence-electron chi connectivity index (χ1n) is 7.13. The van der Waals surface area contributed by atoms with E-state index < -0.39 is 29.5 Å². The largest absolute Gasteiger partial charge is 0.465 e. The number of rotatable bonds is 4. The van der Waals surface area contributed by atoms with Crippen LogP contribution in [0.4, 0.5) is 4.79 Å². The lowest BCUT2D eigenvalue weighted by Crippen LogP contribution is -2.57. The molecule has 1 saturated heterocycles. The molecule has 2 atom stereocenters. The fourth-order valence-electron chi connectivity index (χ4n) is 2.66. The molecule has 7 nitrogen and oxygen atoms in total. The second-order valence-corrected chi connectivity index (χ2v) is 6.54. The Morgan fingerprint density at radius 1 is 1.35 bits per heavy atom. The van der Waals surface area contributed by atoms with E-state index in [0.29, 0.717) is 24.9 Å². The number of nitrogens with one attached hydrogen (secondary N) is 1. The molecule has 1 aliphatic rings. The molecule has 1 heterocycles. The molecule has 2 rings (SSSR count). The van der Waals surface area contributed by atoms with Gasteiger partial charge in [0.1, 0.15) is 11.6 Å². The molecule has 23 heavy (non-hydrogen) atoms. The van der Waals surface area contributed by atoms with Crippen molar-refractivity contribution in [3.63, 3.8) is 0 Å². The van der Waals surface area contributed by atoms with Crippen molar-refractivity contribution in [3.8, 4) is 0 Å². The molecule has 8 heteroatoms. The van der Waals surface area contributed by atoms with E-state index in [1.807, 2.05) is 0 Å². The van der Waals surface area contributed by atoms with Crippen LogP contribution < -0.4 is 11.1 Å². The highest BCUT2D eigenvalue weighted by Gasteiger charge is 2.40. The third kappa shape index (κ3) is 3.47. The average Bonchev–Trinajstić information content (AvgIpc) is 2.97. The highest BCUT2D eigenvalue weighted by Crippen LogP contribution is 2.25. The summed E-state index contributed by atoms with van der Waals surface area (Å²) in [5.74, 6) is -1.23. The van der Waals surface area contributed by atoms with Gasteiger partial charge in [0.15, 0.2) is 0 Å². The highest BCUT2D eigenvalue weighted by atomic mass is 79.9. The van der Waals surface area contributed by atoms with Gasteiger partial charge in [-0.3, -0.25) is 14.5 Å². The van der Waals surface area contributed by atoms with E-state index in [-0.39, 0.29) is 0 Å². The van der Waals surface area contributed by atoms with Crippen LogP contribution >= 0.6 is 15.9 Å². The lowest BCUT2D eigenvalue weighted by atomic mass is 9.90. The molecule has 3 amide bonds. The summed E-state index contributed by atoms with van der Waals surface area (Å²) in [6.07, 6.45) is -0.115. The summed E-state index contributed by atoms with van der Waals surface area (Å²) in [7, 11) is 0. The van der Waals surface area contributed by atoms with Gasteiger partial charge in [0, 0.05) is 11.0 Å². The van der Waals surface area contributed by atoms with Gasteiger partial charge in [-0.1, -0.05) is 28.1 Å². The molecule has 0 bridgehead atoms. The Hall–Kier alpha value is -2.09. The van der Waals surface area contributed by atoms with Gasteiger partial charge < -0.3 is 16.2 Å². The fourth-order valence-corrected chi connectivity index (χ4v) is 2.92. The summed E-state index contributed by atoms with van der Waals surface area (Å²) >= 11 is 3.30. The maximum absolute atomic E-state index is 12.5. The topological polar surface area (TPSA) is 113 Å². The van der Waals surface area contributed by atoms with E-state index in [1.54, 1.807) is 24.3 Å². The normalized spacial score (nSPS) is 19.9. The van der Waals surface area contributed by atoms with Crippen LogP contribution in [0, 0.1) is 0 Å². The van der Waals surface area contributed by atoms with E-state index in [1.165, 1.54) is 6.92 Å². The van der Waals surface area contributed by atoms with Crippen LogP contribution in [0.3, 0.4) is 0 Å². The number of primary amides is 1. The minimum absolute atomic E-state index is 0.305. The van der Waals surface area contributed by atoms with Gasteiger partial charge in [-0.25, -0.2) is 4.79 Å². The molecule has 0 aromatic heterocycles. The number of carbonyl (C=O) groups is 3. The molecular weight excluding hydrogens is 366 g/mol. The number of hydrogen-bond donors (Lipinski definition) is 3. The highest BCUT2D eigenvalue weighted by molar-refractivity contribution is 9.10. The van der Waals surface area contributed by atoms with Crippen LogP contribution in [-0.4, -0.2) is 40.5 Å². The number of halogens is 1. The zero-order valence-corrected chi connectivity index (χ0v) is 14.2. The third-order valence-corrected chi connectivity index (χ3v) is 4.62. The first-order valence-corrected chi connectivity index (χ1v) is 7.92. The van der Waals surface area contributed by atoms with Crippen LogP contribution in [0.2, 0.25) is 0 Å². The van der Waals surface area contributed by atoms with Gasteiger partial charge in [0.05, 0.1) is 0 Å². The van der Waals surface area contributed by atoms with E-state index >= 15 is 0 Å². The number of benzene rings is 1. The van der Waals surface area contributed by atoms with E-state index in [2.05, 4.69) is 21.2 Å². The number of amides is 3. The second-order valence-electron chi connectivity index (χ2n) is 5.62. The van der Waals surface area contributed by atoms with Crippen molar-refractivity contribution >= 4 is 33.8 Å². The molecule has 0 radical (unpaired) electrons. The van der Waals surface area contributed by atoms with Gasteiger partial charge in [-0.2, -0.15) is 0 Å². The Labute approximate surface area is 142 Å². The molecule has 1 aliphatic heterocycles. The molecule has 2 unspecified atom stereocenters. The summed E-state index contributed by atoms with van der Waals surface area (Å²) in [6, 6.07) is 6.03. The molecule has 1 aromatic rings. The molecule has 0 saturated carbocycles. The fraction of sp³-hybridized carbons (Fsp3) is 0.400. The van der Waals surface area contributed by atoms with Gasteiger partial charge in [0.25, 0.3) is 0 Å². The predicted molar refractivity (Wildman–Crippen MR) is 86.6 cm³/mol. The number of likely N-dealkylation sites (tertiary alicyclic amines) is 1. The summed E-state index contributed by atoms with van der Waals surface area (Å²) in [5.41, 5.74) is 4.60. The summed E-state index contributed by atoms with van der Waals surface area (Å²) < 4.78 is 0.826. The number of carboxylic acid groups (broad SMARTS) is 1. The second kappa shape index (κ2) is 6.57. The minimum atomic E-state index is -1.41. The third-order valence-electron chi connectivity index (χ3n) is 4.09. The maximum atomic E-state index is 12.5. The van der Waals surface area contributed by atoms with Crippen molar-refractivity contribution in [2.24, 2.45) is 5.73 Å². The Balaban J connectivity index is 2.25. The number of nitrogens with two attached hydrogens (primary N) is 1. The predicted octanol–water partition coefficient (Wildman–Crippen LogP) is 1.41. The number of carbonyl (C=O) groups excluding carboxylic acids is 2. The first kappa shape index (κ1) is 17.3. The molecule has 124 valence electrons. The SMILES string of the molecule is CC(NC(=O)C1CCCN1C(=O)O)(C(N)=O)c1ccc(Br)cc1. The Kier molecular flexibility index (Phi) is 4.93. The molecule has 0 aliphatic carbocycles. The average molecular weight is 384 g/mol. The number of nitrogens with zero attached hydrogens (tertiary/aromatic N) is 1. The summed E-state index contributed by atoms with van der Waals surface area (Å²) in [4.78, 5) is 36.7. The maximum Gasteiger partial charge on any atom is 0.407 e. The lowest BCUT2D eigenvalue weighted by Gasteiger charge is -2.31. The van der Waals surface area contributed by atoms with Crippen LogP contribution in [0.15, 0.2) is 28.7 Å². The van der Waals surface area contributed by atoms with Crippen molar-refractivity contribution in [2.45, 2.75) is 31.3 Å². The standard InChI is InChI=1S/C15H18BrN3O4/c1-15(13(17)21,9-4-6-10(16)7-5-9)18-12(20)11-3-2-8-19(11)14(22)23/h4-7,11H,2-3,8H2,1H3,(H2,17,21)(H,18,20)(H,22,23). The molecule has 1 aromatic carbocycles. The Morgan fingerprint density at radius 2 is 1.96 bits per heavy atom. The summed E-state index contributed by atoms with van der Waals surface area (Å²) in [5, 5.41) is 11.8. The van der Waals surface area contributed by atoms with Gasteiger partial charge in [0.2, 0.25) is 11.8 Å². The van der Waals surface area contributed by atoms with Crippen molar-refractivity contribution < 1.29 is 19.5 Å². The monoisotopic (exact) mass is 383 g/mol. The van der Waals surface area contributed by atoms with Crippen LogP contribution in [0.25, 0.3) is 0 Å². The Morgan fingerprint density at radius 3 is 2.48 bits per heavy atom. The van der Waals surface area contributed by atoms with Gasteiger partial charge in [-0.05, 0) is 37.5 Å². The molecule has 1 fully saturated rings. The van der Waals surface area contributed by atoms with Crippen molar-refractivity contribution in [1.82, 2.24) is 10.2 Å². The summed E-state index contributed by atoms with van der Waals surface area (Å²) in [6.45, 7) is 1.81. The minimum Gasteiger partial charge on any atom is -0.465 e. The van der Waals surface area contributed by atoms with Crippen LogP contribution in [-0.2, 0) is 15.1 Å². The Bertz CT molecular complexity index is 634. The van der Waals surface area contributed by atoms with E-state index in [0.717, 1.165) is 9.37 Å². The first-order chi connectivity index (χ1) is 10.8.